The fourth-order valence-corrected chi connectivity index (χ4v) is 5.40. The van der Waals surface area contributed by atoms with Crippen molar-refractivity contribution in [2.45, 2.75) is 61.9 Å². The highest BCUT2D eigenvalue weighted by atomic mass is 32.2. The average molecular weight is 478 g/mol. The Labute approximate surface area is 203 Å². The highest BCUT2D eigenvalue weighted by Crippen LogP contribution is 2.37. The maximum atomic E-state index is 14.7. The number of rotatable bonds is 8. The smallest absolute Gasteiger partial charge is 0.240 e. The van der Waals surface area contributed by atoms with E-state index in [0.717, 1.165) is 31.4 Å². The average Bonchev–Trinajstić information content (AvgIpc) is 3.28. The maximum absolute atomic E-state index is 14.7. The van der Waals surface area contributed by atoms with Crippen LogP contribution in [0, 0.1) is 17.1 Å². The molecular formula is C26H28FN5OS. The summed E-state index contributed by atoms with van der Waals surface area (Å²) in [6.07, 6.45) is 5.60. The van der Waals surface area contributed by atoms with Crippen molar-refractivity contribution in [3.05, 3.63) is 60.4 Å². The third-order valence-electron chi connectivity index (χ3n) is 6.13. The molecule has 4 rings (SSSR count). The molecule has 0 N–H and O–H groups in total. The first-order valence-electron chi connectivity index (χ1n) is 11.7. The molecule has 1 amide bonds. The van der Waals surface area contributed by atoms with Gasteiger partial charge < -0.3 is 4.90 Å². The Morgan fingerprint density at radius 3 is 2.56 bits per heavy atom. The van der Waals surface area contributed by atoms with E-state index in [1.165, 1.54) is 24.2 Å². The van der Waals surface area contributed by atoms with Crippen LogP contribution in [0.1, 0.15) is 51.5 Å². The van der Waals surface area contributed by atoms with Crippen molar-refractivity contribution in [3.8, 4) is 17.5 Å². The first kappa shape index (κ1) is 24.0. The summed E-state index contributed by atoms with van der Waals surface area (Å²) in [7, 11) is 0. The normalized spacial score (nSPS) is 15.0. The van der Waals surface area contributed by atoms with Crippen molar-refractivity contribution in [1.29, 1.82) is 5.26 Å². The van der Waals surface area contributed by atoms with E-state index >= 15 is 0 Å². The number of hydrogen-bond donors (Lipinski definition) is 0. The SMILES string of the molecule is C[C@H](Sc1nnc(-c2ccccc2F)n1C1CCCCC1)C(=O)N(CCC#N)c1ccccc1. The van der Waals surface area contributed by atoms with Crippen molar-refractivity contribution in [2.24, 2.45) is 0 Å². The van der Waals surface area contributed by atoms with Crippen LogP contribution in [-0.2, 0) is 4.79 Å². The molecule has 2 aromatic carbocycles. The predicted molar refractivity (Wildman–Crippen MR) is 132 cm³/mol. The van der Waals surface area contributed by atoms with Gasteiger partial charge in [-0.25, -0.2) is 4.39 Å². The summed E-state index contributed by atoms with van der Waals surface area (Å²) in [6, 6.07) is 18.3. The summed E-state index contributed by atoms with van der Waals surface area (Å²) in [6.45, 7) is 2.16. The Morgan fingerprint density at radius 1 is 1.15 bits per heavy atom. The second-order valence-corrected chi connectivity index (χ2v) is 9.75. The minimum atomic E-state index is -0.459. The maximum Gasteiger partial charge on any atom is 0.240 e. The fourth-order valence-electron chi connectivity index (χ4n) is 4.42. The molecule has 0 spiro atoms. The van der Waals surface area contributed by atoms with E-state index in [1.54, 1.807) is 23.1 Å². The highest BCUT2D eigenvalue weighted by molar-refractivity contribution is 8.00. The van der Waals surface area contributed by atoms with E-state index in [0.29, 0.717) is 23.1 Å². The Bertz CT molecular complexity index is 1150. The van der Waals surface area contributed by atoms with Gasteiger partial charge in [-0.3, -0.25) is 9.36 Å². The van der Waals surface area contributed by atoms with Gasteiger partial charge in [0.2, 0.25) is 5.91 Å². The molecule has 1 heterocycles. The fraction of sp³-hybridized carbons (Fsp3) is 0.385. The van der Waals surface area contributed by atoms with Crippen LogP contribution in [-0.4, -0.2) is 32.5 Å². The van der Waals surface area contributed by atoms with Gasteiger partial charge in [-0.1, -0.05) is 61.4 Å². The number of nitriles is 1. The summed E-state index contributed by atoms with van der Waals surface area (Å²) >= 11 is 1.34. The largest absolute Gasteiger partial charge is 0.310 e. The minimum Gasteiger partial charge on any atom is -0.310 e. The first-order chi connectivity index (χ1) is 16.6. The number of carbonyl (C=O) groups excluding carboxylic acids is 1. The highest BCUT2D eigenvalue weighted by Gasteiger charge is 2.29. The molecule has 1 aromatic heterocycles. The number of para-hydroxylation sites is 1. The molecule has 34 heavy (non-hydrogen) atoms. The van der Waals surface area contributed by atoms with Gasteiger partial charge in [0.05, 0.1) is 23.3 Å². The minimum absolute atomic E-state index is 0.0999. The lowest BCUT2D eigenvalue weighted by Crippen LogP contribution is -2.37. The molecular weight excluding hydrogens is 449 g/mol. The molecule has 0 radical (unpaired) electrons. The van der Waals surface area contributed by atoms with Crippen LogP contribution >= 0.6 is 11.8 Å². The number of aromatic nitrogens is 3. The number of amides is 1. The summed E-state index contributed by atoms with van der Waals surface area (Å²) in [5, 5.41) is 18.0. The lowest BCUT2D eigenvalue weighted by molar-refractivity contribution is -0.117. The third-order valence-corrected chi connectivity index (χ3v) is 7.17. The molecule has 1 atom stereocenters. The van der Waals surface area contributed by atoms with E-state index in [2.05, 4.69) is 16.3 Å². The standard InChI is InChI=1S/C26H28FN5OS/c1-19(25(33)31(18-10-17-28)20-11-4-2-5-12-20)34-26-30-29-24(22-15-8-9-16-23(22)27)32(26)21-13-6-3-7-14-21/h2,4-5,8-9,11-12,15-16,19,21H,3,6-7,10,13-14,18H2,1H3/t19-/m0/s1. The van der Waals surface area contributed by atoms with E-state index in [4.69, 9.17) is 5.26 Å². The van der Waals surface area contributed by atoms with Gasteiger partial charge in [-0.05, 0) is 44.0 Å². The van der Waals surface area contributed by atoms with E-state index in [9.17, 15) is 9.18 Å². The van der Waals surface area contributed by atoms with E-state index < -0.39 is 5.25 Å². The van der Waals surface area contributed by atoms with E-state index in [1.807, 2.05) is 41.8 Å². The van der Waals surface area contributed by atoms with Gasteiger partial charge in [-0.2, -0.15) is 5.26 Å². The molecule has 1 fully saturated rings. The monoisotopic (exact) mass is 477 g/mol. The number of hydrogen-bond acceptors (Lipinski definition) is 5. The molecule has 0 aliphatic heterocycles. The zero-order chi connectivity index (χ0) is 23.9. The van der Waals surface area contributed by atoms with Crippen LogP contribution in [0.2, 0.25) is 0 Å². The number of carbonyl (C=O) groups is 1. The van der Waals surface area contributed by atoms with Gasteiger partial charge in [0.15, 0.2) is 11.0 Å². The Kier molecular flexibility index (Phi) is 7.96. The molecule has 0 bridgehead atoms. The molecule has 176 valence electrons. The second-order valence-electron chi connectivity index (χ2n) is 8.44. The molecule has 1 aliphatic rings. The molecule has 8 heteroatoms. The van der Waals surface area contributed by atoms with Crippen LogP contribution in [0.25, 0.3) is 11.4 Å². The van der Waals surface area contributed by atoms with Crippen LogP contribution in [0.3, 0.4) is 0 Å². The molecule has 1 saturated carbocycles. The molecule has 1 aliphatic carbocycles. The zero-order valence-corrected chi connectivity index (χ0v) is 20.0. The molecule has 6 nitrogen and oxygen atoms in total. The predicted octanol–water partition coefficient (Wildman–Crippen LogP) is 6.02. The summed E-state index contributed by atoms with van der Waals surface area (Å²) in [4.78, 5) is 15.1. The van der Waals surface area contributed by atoms with Crippen LogP contribution in [0.15, 0.2) is 59.8 Å². The van der Waals surface area contributed by atoms with Crippen molar-refractivity contribution >= 4 is 23.4 Å². The van der Waals surface area contributed by atoms with Crippen molar-refractivity contribution in [1.82, 2.24) is 14.8 Å². The quantitative estimate of drug-likeness (QED) is 0.371. The van der Waals surface area contributed by atoms with Crippen LogP contribution in [0.4, 0.5) is 10.1 Å². The lowest BCUT2D eigenvalue weighted by Gasteiger charge is -2.27. The summed E-state index contributed by atoms with van der Waals surface area (Å²) < 4.78 is 16.7. The van der Waals surface area contributed by atoms with Gasteiger partial charge in [0.25, 0.3) is 0 Å². The third kappa shape index (κ3) is 5.31. The van der Waals surface area contributed by atoms with Gasteiger partial charge in [-0.15, -0.1) is 10.2 Å². The molecule has 3 aromatic rings. The van der Waals surface area contributed by atoms with Crippen LogP contribution < -0.4 is 4.90 Å². The first-order valence-corrected chi connectivity index (χ1v) is 12.6. The number of benzene rings is 2. The summed E-state index contributed by atoms with van der Waals surface area (Å²) in [5.41, 5.74) is 1.18. The van der Waals surface area contributed by atoms with Gasteiger partial charge in [0.1, 0.15) is 5.82 Å². The number of anilines is 1. The van der Waals surface area contributed by atoms with Gasteiger partial charge in [0, 0.05) is 18.3 Å². The lowest BCUT2D eigenvalue weighted by atomic mass is 9.95. The van der Waals surface area contributed by atoms with Crippen LogP contribution in [0.5, 0.6) is 0 Å². The molecule has 0 saturated heterocycles. The summed E-state index contributed by atoms with van der Waals surface area (Å²) in [5.74, 6) is 0.0769. The zero-order valence-electron chi connectivity index (χ0n) is 19.2. The second kappa shape index (κ2) is 11.3. The van der Waals surface area contributed by atoms with Gasteiger partial charge >= 0.3 is 0 Å². The number of nitrogens with zero attached hydrogens (tertiary/aromatic N) is 5. The van der Waals surface area contributed by atoms with E-state index in [-0.39, 0.29) is 24.2 Å². The molecule has 0 unspecified atom stereocenters. The Hall–Kier alpha value is -3.18. The Morgan fingerprint density at radius 2 is 1.85 bits per heavy atom. The topological polar surface area (TPSA) is 74.8 Å². The van der Waals surface area contributed by atoms with Crippen molar-refractivity contribution < 1.29 is 9.18 Å². The van der Waals surface area contributed by atoms with Crippen molar-refractivity contribution in [3.63, 3.8) is 0 Å². The van der Waals surface area contributed by atoms with Crippen molar-refractivity contribution in [2.75, 3.05) is 11.4 Å². The number of halogens is 1. The Balaban J connectivity index is 1.64. The number of thioether (sulfide) groups is 1.